The SMILES string of the molecule is Cc1nccc2c1[nH]c1c(-c3ccccc3)cc(Cl)cc12. The summed E-state index contributed by atoms with van der Waals surface area (Å²) in [5.74, 6) is 0. The van der Waals surface area contributed by atoms with Gasteiger partial charge in [-0.1, -0.05) is 41.9 Å². The van der Waals surface area contributed by atoms with Crippen LogP contribution in [0.4, 0.5) is 0 Å². The molecular formula is C18H13ClN2. The van der Waals surface area contributed by atoms with Crippen molar-refractivity contribution in [2.45, 2.75) is 6.92 Å². The van der Waals surface area contributed by atoms with Gasteiger partial charge >= 0.3 is 0 Å². The fraction of sp³-hybridized carbons (Fsp3) is 0.0556. The molecule has 2 aromatic carbocycles. The zero-order valence-electron chi connectivity index (χ0n) is 11.5. The normalized spacial score (nSPS) is 11.3. The van der Waals surface area contributed by atoms with Gasteiger partial charge in [0.1, 0.15) is 0 Å². The molecule has 0 aliphatic carbocycles. The molecule has 0 aliphatic heterocycles. The van der Waals surface area contributed by atoms with E-state index < -0.39 is 0 Å². The molecule has 0 aliphatic rings. The minimum atomic E-state index is 0.747. The highest BCUT2D eigenvalue weighted by atomic mass is 35.5. The standard InChI is InChI=1S/C18H13ClN2/c1-11-17-14(7-8-20-11)16-10-13(19)9-15(18(16)21-17)12-5-3-2-4-6-12/h2-10,21H,1H3. The molecule has 0 bridgehead atoms. The van der Waals surface area contributed by atoms with Crippen molar-refractivity contribution in [2.75, 3.05) is 0 Å². The first kappa shape index (κ1) is 12.4. The number of aromatic nitrogens is 2. The van der Waals surface area contributed by atoms with Gasteiger partial charge in [0.15, 0.2) is 0 Å². The van der Waals surface area contributed by atoms with Gasteiger partial charge in [0.2, 0.25) is 0 Å². The molecule has 2 heterocycles. The molecule has 1 N–H and O–H groups in total. The summed E-state index contributed by atoms with van der Waals surface area (Å²) in [5.41, 5.74) is 5.46. The third-order valence-corrected chi connectivity index (χ3v) is 4.09. The van der Waals surface area contributed by atoms with Crippen LogP contribution in [0.1, 0.15) is 5.69 Å². The average molecular weight is 293 g/mol. The van der Waals surface area contributed by atoms with Gasteiger partial charge in [-0.2, -0.15) is 0 Å². The van der Waals surface area contributed by atoms with Crippen molar-refractivity contribution in [3.05, 3.63) is 65.4 Å². The number of benzene rings is 2. The molecule has 0 atom stereocenters. The highest BCUT2D eigenvalue weighted by Crippen LogP contribution is 2.36. The monoisotopic (exact) mass is 292 g/mol. The third kappa shape index (κ3) is 1.91. The maximum Gasteiger partial charge on any atom is 0.0681 e. The summed E-state index contributed by atoms with van der Waals surface area (Å²) in [6.07, 6.45) is 1.84. The molecule has 0 amide bonds. The van der Waals surface area contributed by atoms with E-state index in [1.807, 2.05) is 49.5 Å². The molecule has 2 nitrogen and oxygen atoms in total. The van der Waals surface area contributed by atoms with Crippen LogP contribution in [0.3, 0.4) is 0 Å². The number of hydrogen-bond acceptors (Lipinski definition) is 1. The second kappa shape index (κ2) is 4.61. The van der Waals surface area contributed by atoms with Crippen molar-refractivity contribution in [3.8, 4) is 11.1 Å². The Labute approximate surface area is 127 Å². The molecule has 4 aromatic rings. The van der Waals surface area contributed by atoms with Crippen molar-refractivity contribution in [3.63, 3.8) is 0 Å². The van der Waals surface area contributed by atoms with E-state index in [0.717, 1.165) is 43.6 Å². The molecular weight excluding hydrogens is 280 g/mol. The second-order valence-corrected chi connectivity index (χ2v) is 5.62. The first-order valence-corrected chi connectivity index (χ1v) is 7.24. The van der Waals surface area contributed by atoms with Crippen LogP contribution in [-0.4, -0.2) is 9.97 Å². The lowest BCUT2D eigenvalue weighted by atomic mass is 10.0. The summed E-state index contributed by atoms with van der Waals surface area (Å²) in [4.78, 5) is 7.88. The number of H-pyrrole nitrogens is 1. The van der Waals surface area contributed by atoms with Gasteiger partial charge in [-0.05, 0) is 30.7 Å². The lowest BCUT2D eigenvalue weighted by Crippen LogP contribution is -1.81. The van der Waals surface area contributed by atoms with E-state index in [-0.39, 0.29) is 0 Å². The molecule has 2 aromatic heterocycles. The quantitative estimate of drug-likeness (QED) is 0.503. The van der Waals surface area contributed by atoms with Crippen molar-refractivity contribution >= 4 is 33.4 Å². The summed E-state index contributed by atoms with van der Waals surface area (Å²) in [5, 5.41) is 3.05. The number of aryl methyl sites for hydroxylation is 1. The Balaban J connectivity index is 2.17. The largest absolute Gasteiger partial charge is 0.353 e. The first-order valence-electron chi connectivity index (χ1n) is 6.86. The van der Waals surface area contributed by atoms with Crippen LogP contribution in [0.25, 0.3) is 32.9 Å². The van der Waals surface area contributed by atoms with Crippen LogP contribution < -0.4 is 0 Å². The van der Waals surface area contributed by atoms with Crippen LogP contribution in [0.15, 0.2) is 54.7 Å². The summed E-state index contributed by atoms with van der Waals surface area (Å²) >= 11 is 6.34. The van der Waals surface area contributed by atoms with E-state index in [1.54, 1.807) is 0 Å². The van der Waals surface area contributed by atoms with Crippen LogP contribution in [0, 0.1) is 6.92 Å². The Kier molecular flexibility index (Phi) is 2.72. The molecule has 4 rings (SSSR count). The number of hydrogen-bond donors (Lipinski definition) is 1. The Morgan fingerprint density at radius 2 is 1.76 bits per heavy atom. The Morgan fingerprint density at radius 3 is 2.57 bits per heavy atom. The van der Waals surface area contributed by atoms with Crippen LogP contribution in [0.2, 0.25) is 5.02 Å². The zero-order valence-corrected chi connectivity index (χ0v) is 12.3. The van der Waals surface area contributed by atoms with Crippen LogP contribution in [-0.2, 0) is 0 Å². The molecule has 0 saturated heterocycles. The Hall–Kier alpha value is -2.32. The minimum Gasteiger partial charge on any atom is -0.353 e. The number of nitrogens with one attached hydrogen (secondary N) is 1. The number of fused-ring (bicyclic) bond motifs is 3. The van der Waals surface area contributed by atoms with Gasteiger partial charge in [0.05, 0.1) is 16.7 Å². The average Bonchev–Trinajstić information content (AvgIpc) is 2.88. The van der Waals surface area contributed by atoms with Crippen molar-refractivity contribution in [2.24, 2.45) is 0 Å². The summed E-state index contributed by atoms with van der Waals surface area (Å²) in [6.45, 7) is 2.02. The maximum absolute atomic E-state index is 6.34. The molecule has 0 fully saturated rings. The van der Waals surface area contributed by atoms with Crippen LogP contribution in [0.5, 0.6) is 0 Å². The molecule has 102 valence electrons. The van der Waals surface area contributed by atoms with E-state index in [2.05, 4.69) is 22.1 Å². The lowest BCUT2D eigenvalue weighted by molar-refractivity contribution is 1.22. The van der Waals surface area contributed by atoms with Crippen molar-refractivity contribution < 1.29 is 0 Å². The van der Waals surface area contributed by atoms with Crippen molar-refractivity contribution in [1.29, 1.82) is 0 Å². The maximum atomic E-state index is 6.34. The van der Waals surface area contributed by atoms with E-state index in [0.29, 0.717) is 0 Å². The molecule has 0 radical (unpaired) electrons. The Morgan fingerprint density at radius 1 is 0.952 bits per heavy atom. The van der Waals surface area contributed by atoms with E-state index in [4.69, 9.17) is 11.6 Å². The highest BCUT2D eigenvalue weighted by Gasteiger charge is 2.12. The number of rotatable bonds is 1. The lowest BCUT2D eigenvalue weighted by Gasteiger charge is -2.04. The van der Waals surface area contributed by atoms with Gasteiger partial charge in [0.25, 0.3) is 0 Å². The summed E-state index contributed by atoms with van der Waals surface area (Å²) in [6, 6.07) is 16.4. The second-order valence-electron chi connectivity index (χ2n) is 5.19. The Bertz CT molecular complexity index is 955. The molecule has 3 heteroatoms. The number of pyridine rings is 1. The fourth-order valence-corrected chi connectivity index (χ4v) is 3.09. The zero-order chi connectivity index (χ0) is 14.4. The van der Waals surface area contributed by atoms with E-state index in [9.17, 15) is 0 Å². The van der Waals surface area contributed by atoms with Gasteiger partial charge in [-0.3, -0.25) is 4.98 Å². The number of nitrogens with zero attached hydrogens (tertiary/aromatic N) is 1. The summed E-state index contributed by atoms with van der Waals surface area (Å²) < 4.78 is 0. The molecule has 0 saturated carbocycles. The fourth-order valence-electron chi connectivity index (χ4n) is 2.87. The van der Waals surface area contributed by atoms with E-state index >= 15 is 0 Å². The third-order valence-electron chi connectivity index (χ3n) is 3.87. The molecule has 21 heavy (non-hydrogen) atoms. The number of halogens is 1. The molecule has 0 spiro atoms. The smallest absolute Gasteiger partial charge is 0.0681 e. The first-order chi connectivity index (χ1) is 10.2. The van der Waals surface area contributed by atoms with Crippen LogP contribution >= 0.6 is 11.6 Å². The highest BCUT2D eigenvalue weighted by molar-refractivity contribution is 6.32. The number of aromatic amines is 1. The van der Waals surface area contributed by atoms with E-state index in [1.165, 1.54) is 0 Å². The predicted octanol–water partition coefficient (Wildman–Crippen LogP) is 5.34. The predicted molar refractivity (Wildman–Crippen MR) is 88.8 cm³/mol. The summed E-state index contributed by atoms with van der Waals surface area (Å²) in [7, 11) is 0. The van der Waals surface area contributed by atoms with Gasteiger partial charge in [0, 0.05) is 27.6 Å². The van der Waals surface area contributed by atoms with Crippen molar-refractivity contribution in [1.82, 2.24) is 9.97 Å². The van der Waals surface area contributed by atoms with Gasteiger partial charge in [-0.15, -0.1) is 0 Å². The topological polar surface area (TPSA) is 28.7 Å². The minimum absolute atomic E-state index is 0.747. The van der Waals surface area contributed by atoms with Gasteiger partial charge in [-0.25, -0.2) is 0 Å². The van der Waals surface area contributed by atoms with Gasteiger partial charge < -0.3 is 4.98 Å². The molecule has 0 unspecified atom stereocenters.